The summed E-state index contributed by atoms with van der Waals surface area (Å²) < 4.78 is 6.72. The molecule has 54 heavy (non-hydrogen) atoms. The van der Waals surface area contributed by atoms with Crippen molar-refractivity contribution in [2.24, 2.45) is 0 Å². The molecule has 1 aliphatic carbocycles. The van der Waals surface area contributed by atoms with Gasteiger partial charge >= 0.3 is 0 Å². The van der Waals surface area contributed by atoms with Crippen molar-refractivity contribution in [3.63, 3.8) is 0 Å². The number of aromatic nitrogens is 3. The minimum atomic E-state index is -0.779. The number of para-hydroxylation sites is 1. The van der Waals surface area contributed by atoms with Gasteiger partial charge in [0.05, 0.1) is 28.7 Å². The highest BCUT2D eigenvalue weighted by Gasteiger charge is 2.51. The molecule has 8 aromatic rings. The third-order valence-electron chi connectivity index (χ3n) is 10.5. The van der Waals surface area contributed by atoms with Crippen molar-refractivity contribution < 1.29 is 4.74 Å². The maximum atomic E-state index is 10.2. The number of ether oxygens (including phenoxy) is 1. The molecule has 1 unspecified atom stereocenters. The van der Waals surface area contributed by atoms with Gasteiger partial charge in [-0.1, -0.05) is 121 Å². The average Bonchev–Trinajstić information content (AvgIpc) is 3.53. The van der Waals surface area contributed by atoms with Crippen molar-refractivity contribution in [2.75, 3.05) is 0 Å². The van der Waals surface area contributed by atoms with Crippen molar-refractivity contribution in [1.29, 1.82) is 10.5 Å². The summed E-state index contributed by atoms with van der Waals surface area (Å²) in [6, 6.07) is 59.2. The largest absolute Gasteiger partial charge is 0.457 e. The van der Waals surface area contributed by atoms with Crippen molar-refractivity contribution in [2.45, 2.75) is 5.41 Å². The molecule has 0 fully saturated rings. The first-order valence-corrected chi connectivity index (χ1v) is 17.6. The Balaban J connectivity index is 1.25. The average molecular weight is 690 g/mol. The highest BCUT2D eigenvalue weighted by Crippen LogP contribution is 2.62. The fourth-order valence-electron chi connectivity index (χ4n) is 8.10. The number of rotatable bonds is 4. The van der Waals surface area contributed by atoms with E-state index >= 15 is 0 Å². The summed E-state index contributed by atoms with van der Waals surface area (Å²) in [5.41, 5.74) is 10.8. The Kier molecular flexibility index (Phi) is 7.05. The molecular formula is C48H27N5O. The minimum absolute atomic E-state index is 0.448. The molecule has 6 nitrogen and oxygen atoms in total. The molecule has 1 aliphatic heterocycles. The van der Waals surface area contributed by atoms with Crippen LogP contribution in [0.25, 0.3) is 56.4 Å². The summed E-state index contributed by atoms with van der Waals surface area (Å²) in [4.78, 5) is 15.1. The molecule has 0 saturated heterocycles. The Hall–Kier alpha value is -7.67. The molecule has 0 saturated carbocycles. The predicted octanol–water partition coefficient (Wildman–Crippen LogP) is 10.8. The molecule has 0 N–H and O–H groups in total. The van der Waals surface area contributed by atoms with Crippen LogP contribution in [0.1, 0.15) is 33.4 Å². The Morgan fingerprint density at radius 1 is 0.407 bits per heavy atom. The van der Waals surface area contributed by atoms with Gasteiger partial charge in [-0.15, -0.1) is 0 Å². The highest BCUT2D eigenvalue weighted by molar-refractivity contribution is 5.91. The zero-order chi connectivity index (χ0) is 36.2. The van der Waals surface area contributed by atoms with E-state index in [1.165, 1.54) is 0 Å². The molecule has 6 heteroatoms. The van der Waals surface area contributed by atoms with E-state index in [9.17, 15) is 10.5 Å². The van der Waals surface area contributed by atoms with Crippen LogP contribution in [0.4, 0.5) is 0 Å². The second kappa shape index (κ2) is 12.2. The highest BCUT2D eigenvalue weighted by atomic mass is 16.5. The maximum Gasteiger partial charge on any atom is 0.164 e. The lowest BCUT2D eigenvalue weighted by molar-refractivity contribution is 0.436. The first-order valence-electron chi connectivity index (χ1n) is 17.6. The van der Waals surface area contributed by atoms with Crippen molar-refractivity contribution in [3.8, 4) is 80.1 Å². The summed E-state index contributed by atoms with van der Waals surface area (Å²) in [5, 5.41) is 19.7. The third kappa shape index (κ3) is 4.68. The Morgan fingerprint density at radius 2 is 0.963 bits per heavy atom. The lowest BCUT2D eigenvalue weighted by Crippen LogP contribution is -2.32. The van der Waals surface area contributed by atoms with E-state index in [-0.39, 0.29) is 0 Å². The third-order valence-corrected chi connectivity index (χ3v) is 10.5. The van der Waals surface area contributed by atoms with E-state index in [4.69, 9.17) is 19.7 Å². The van der Waals surface area contributed by atoms with Crippen LogP contribution in [0.5, 0.6) is 11.5 Å². The number of fused-ring (bicyclic) bond motifs is 9. The topological polar surface area (TPSA) is 95.5 Å². The first kappa shape index (κ1) is 31.1. The summed E-state index contributed by atoms with van der Waals surface area (Å²) in [5.74, 6) is 3.24. The number of hydrogen-bond acceptors (Lipinski definition) is 6. The van der Waals surface area contributed by atoms with Crippen molar-refractivity contribution in [3.05, 3.63) is 197 Å². The maximum absolute atomic E-state index is 10.2. The van der Waals surface area contributed by atoms with Gasteiger partial charge in [-0.2, -0.15) is 10.5 Å². The number of nitrogens with zero attached hydrogens (tertiary/aromatic N) is 5. The van der Waals surface area contributed by atoms with E-state index in [1.807, 2.05) is 91.0 Å². The van der Waals surface area contributed by atoms with Gasteiger partial charge < -0.3 is 4.74 Å². The van der Waals surface area contributed by atoms with Gasteiger partial charge in [0.2, 0.25) is 0 Å². The first-order chi connectivity index (χ1) is 26.6. The van der Waals surface area contributed by atoms with Gasteiger partial charge in [-0.05, 0) is 75.8 Å². The van der Waals surface area contributed by atoms with Gasteiger partial charge in [0.25, 0.3) is 0 Å². The van der Waals surface area contributed by atoms with E-state index in [0.717, 1.165) is 72.7 Å². The molecule has 0 amide bonds. The van der Waals surface area contributed by atoms with Gasteiger partial charge in [-0.25, -0.2) is 15.0 Å². The predicted molar refractivity (Wildman–Crippen MR) is 208 cm³/mol. The Labute approximate surface area is 311 Å². The minimum Gasteiger partial charge on any atom is -0.457 e. The lowest BCUT2D eigenvalue weighted by atomic mass is 9.65. The van der Waals surface area contributed by atoms with Gasteiger partial charge in [0, 0.05) is 27.8 Å². The smallest absolute Gasteiger partial charge is 0.164 e. The summed E-state index contributed by atoms with van der Waals surface area (Å²) in [7, 11) is 0. The SMILES string of the molecule is N#Cc1ccc(-c2ccc3c(c2)C2(c4ccccc4Oc4ccc(-c5nc(-c6ccccc6)nc(-c6ccccc6)n5)cc42)c2ccccc2-3)c(C#N)c1. The van der Waals surface area contributed by atoms with Crippen LogP contribution >= 0.6 is 0 Å². The zero-order valence-electron chi connectivity index (χ0n) is 28.7. The standard InChI is InChI=1S/C48H27N5O/c49-28-30-19-22-36(35(25-30)29-50)33-20-23-38-37-15-7-8-16-39(37)48(41(38)26-33)40-17-9-10-18-43(40)54-44-24-21-34(27-42(44)48)47-52-45(31-11-3-1-4-12-31)51-46(53-47)32-13-5-2-6-14-32/h1-27H. The molecule has 0 radical (unpaired) electrons. The van der Waals surface area contributed by atoms with Crippen LogP contribution < -0.4 is 4.74 Å². The molecular weight excluding hydrogens is 663 g/mol. The summed E-state index contributed by atoms with van der Waals surface area (Å²) in [6.07, 6.45) is 0. The van der Waals surface area contributed by atoms with E-state index < -0.39 is 5.41 Å². The lowest BCUT2D eigenvalue weighted by Gasteiger charge is -2.39. The van der Waals surface area contributed by atoms with Crippen LogP contribution in [-0.2, 0) is 5.41 Å². The Bertz CT molecular complexity index is 2830. The second-order valence-electron chi connectivity index (χ2n) is 13.4. The molecule has 250 valence electrons. The molecule has 1 aromatic heterocycles. The van der Waals surface area contributed by atoms with Crippen molar-refractivity contribution in [1.82, 2.24) is 15.0 Å². The zero-order valence-corrected chi connectivity index (χ0v) is 28.7. The normalized spacial score (nSPS) is 14.5. The second-order valence-corrected chi connectivity index (χ2v) is 13.4. The quantitative estimate of drug-likeness (QED) is 0.182. The summed E-state index contributed by atoms with van der Waals surface area (Å²) in [6.45, 7) is 0. The number of nitriles is 2. The van der Waals surface area contributed by atoms with Gasteiger partial charge in [0.1, 0.15) is 11.5 Å². The molecule has 2 heterocycles. The van der Waals surface area contributed by atoms with Gasteiger partial charge in [-0.3, -0.25) is 0 Å². The van der Waals surface area contributed by atoms with E-state index in [2.05, 4.69) is 72.8 Å². The molecule has 10 rings (SSSR count). The summed E-state index contributed by atoms with van der Waals surface area (Å²) >= 11 is 0. The molecule has 2 aliphatic rings. The monoisotopic (exact) mass is 689 g/mol. The van der Waals surface area contributed by atoms with Crippen LogP contribution in [0.15, 0.2) is 164 Å². The fraction of sp³-hybridized carbons (Fsp3) is 0.0208. The van der Waals surface area contributed by atoms with E-state index in [1.54, 1.807) is 12.1 Å². The number of hydrogen-bond donors (Lipinski definition) is 0. The van der Waals surface area contributed by atoms with Crippen LogP contribution in [-0.4, -0.2) is 15.0 Å². The Morgan fingerprint density at radius 3 is 1.67 bits per heavy atom. The molecule has 7 aromatic carbocycles. The molecule has 1 atom stereocenters. The van der Waals surface area contributed by atoms with Crippen LogP contribution in [0, 0.1) is 22.7 Å². The van der Waals surface area contributed by atoms with E-state index in [0.29, 0.717) is 28.6 Å². The molecule has 0 bridgehead atoms. The fourth-order valence-corrected chi connectivity index (χ4v) is 8.10. The number of benzene rings is 7. The molecule has 1 spiro atoms. The van der Waals surface area contributed by atoms with Crippen LogP contribution in [0.2, 0.25) is 0 Å². The van der Waals surface area contributed by atoms with Crippen LogP contribution in [0.3, 0.4) is 0 Å². The van der Waals surface area contributed by atoms with Gasteiger partial charge in [0.15, 0.2) is 17.5 Å². The van der Waals surface area contributed by atoms with Crippen molar-refractivity contribution >= 4 is 0 Å².